The lowest BCUT2D eigenvalue weighted by atomic mass is 10.0. The Bertz CT molecular complexity index is 923. The summed E-state index contributed by atoms with van der Waals surface area (Å²) in [5.74, 6) is -0.526. The molecule has 9 nitrogen and oxygen atoms in total. The Hall–Kier alpha value is -1.77. The molecule has 0 rings (SSSR count). The van der Waals surface area contributed by atoms with Crippen LogP contribution in [0.1, 0.15) is 174 Å². The molecule has 0 radical (unpaired) electrons. The molecular weight excluding hydrogens is 653 g/mol. The second kappa shape index (κ2) is 37.0. The third kappa shape index (κ3) is 37.5. The predicted molar refractivity (Wildman–Crippen MR) is 206 cm³/mol. The minimum atomic E-state index is -4.41. The van der Waals surface area contributed by atoms with E-state index >= 15 is 0 Å². The number of allylic oxidation sites excluding steroid dienone is 6. The number of aliphatic hydroxyl groups excluding tert-OH is 1. The van der Waals surface area contributed by atoms with Crippen LogP contribution in [0.4, 0.5) is 0 Å². The van der Waals surface area contributed by atoms with Gasteiger partial charge in [-0.1, -0.05) is 153 Å². The third-order valence-electron chi connectivity index (χ3n) is 8.33. The van der Waals surface area contributed by atoms with E-state index in [2.05, 4.69) is 55.6 Å². The first-order chi connectivity index (χ1) is 24.3. The fraction of sp³-hybridized carbons (Fsp3) is 0.800. The molecule has 0 saturated carbocycles. The lowest BCUT2D eigenvalue weighted by molar-refractivity contribution is -0.147. The lowest BCUT2D eigenvalue weighted by Crippen LogP contribution is -2.27. The topological polar surface area (TPSA) is 131 Å². The number of phosphoric acid groups is 1. The second-order valence-corrected chi connectivity index (χ2v) is 14.7. The number of esters is 1. The highest BCUT2D eigenvalue weighted by molar-refractivity contribution is 7.47. The van der Waals surface area contributed by atoms with Crippen molar-refractivity contribution in [3.05, 3.63) is 36.5 Å². The summed E-state index contributed by atoms with van der Waals surface area (Å²) in [6.45, 7) is 3.42. The molecule has 292 valence electrons. The number of carbonyl (C=O) groups is 2. The fourth-order valence-corrected chi connectivity index (χ4v) is 6.09. The predicted octanol–water partition coefficient (Wildman–Crippen LogP) is 10.6. The monoisotopic (exact) mass is 728 g/mol. The van der Waals surface area contributed by atoms with Gasteiger partial charge < -0.3 is 20.1 Å². The van der Waals surface area contributed by atoms with E-state index in [1.54, 1.807) is 0 Å². The summed E-state index contributed by atoms with van der Waals surface area (Å²) in [6, 6.07) is 0. The normalized spacial score (nSPS) is 13.8. The molecule has 0 spiro atoms. The molecule has 0 aromatic carbocycles. The Morgan fingerprint density at radius 3 is 1.72 bits per heavy atom. The van der Waals surface area contributed by atoms with Crippen LogP contribution >= 0.6 is 7.82 Å². The minimum absolute atomic E-state index is 0.0822. The highest BCUT2D eigenvalue weighted by Crippen LogP contribution is 2.42. The van der Waals surface area contributed by atoms with Gasteiger partial charge in [-0.15, -0.1) is 0 Å². The van der Waals surface area contributed by atoms with Gasteiger partial charge in [-0.25, -0.2) is 4.57 Å². The van der Waals surface area contributed by atoms with Gasteiger partial charge >= 0.3 is 13.8 Å². The standard InChI is InChI=1S/C40H74NO8P/c1-3-5-7-9-11-13-15-17-18-19-20-21-23-25-27-29-31-33-40(44)47-36-38(42)37-49-50(45,46)48-35-34-41-39(43)32-30-28-26-24-22-16-14-12-10-8-6-4-2/h5,7,11,13,17-18,38,42H,3-4,6,8-10,12,14-16,19-37H2,1-2H3,(H,41,43)(H,45,46)/b7-5-,13-11-,18-17-. The minimum Gasteiger partial charge on any atom is -0.463 e. The van der Waals surface area contributed by atoms with Crippen molar-refractivity contribution in [2.45, 2.75) is 180 Å². The van der Waals surface area contributed by atoms with E-state index in [4.69, 9.17) is 13.8 Å². The SMILES string of the molecule is CC/C=C\C/C=C\C/C=C\CCCCCCCCCC(=O)OCC(O)COP(=O)(O)OCCNC(=O)CCCCCCCCCCCCCC. The largest absolute Gasteiger partial charge is 0.472 e. The average Bonchev–Trinajstić information content (AvgIpc) is 3.10. The number of phosphoric ester groups is 1. The molecule has 0 bridgehead atoms. The maximum atomic E-state index is 12.1. The molecule has 0 aromatic rings. The molecule has 0 saturated heterocycles. The molecule has 0 fully saturated rings. The van der Waals surface area contributed by atoms with E-state index < -0.39 is 26.5 Å². The van der Waals surface area contributed by atoms with Crippen LogP contribution in [-0.2, 0) is 27.9 Å². The third-order valence-corrected chi connectivity index (χ3v) is 9.32. The summed E-state index contributed by atoms with van der Waals surface area (Å²) in [7, 11) is -4.41. The molecule has 10 heteroatoms. The quantitative estimate of drug-likeness (QED) is 0.0249. The molecule has 0 aliphatic rings. The number of ether oxygens (including phenoxy) is 1. The second-order valence-electron chi connectivity index (χ2n) is 13.2. The number of hydrogen-bond acceptors (Lipinski definition) is 7. The maximum Gasteiger partial charge on any atom is 0.472 e. The Labute approximate surface area is 305 Å². The number of hydrogen-bond donors (Lipinski definition) is 3. The molecule has 2 unspecified atom stereocenters. The zero-order chi connectivity index (χ0) is 36.8. The van der Waals surface area contributed by atoms with Crippen LogP contribution in [0.3, 0.4) is 0 Å². The van der Waals surface area contributed by atoms with Crippen LogP contribution in [0.25, 0.3) is 0 Å². The van der Waals surface area contributed by atoms with Crippen molar-refractivity contribution in [2.24, 2.45) is 0 Å². The number of carbonyl (C=O) groups excluding carboxylic acids is 2. The van der Waals surface area contributed by atoms with Crippen LogP contribution in [-0.4, -0.2) is 54.3 Å². The molecule has 3 N–H and O–H groups in total. The van der Waals surface area contributed by atoms with Crippen LogP contribution < -0.4 is 5.32 Å². The van der Waals surface area contributed by atoms with E-state index in [9.17, 15) is 24.2 Å². The molecule has 0 heterocycles. The van der Waals surface area contributed by atoms with Crippen LogP contribution in [0, 0.1) is 0 Å². The summed E-state index contributed by atoms with van der Waals surface area (Å²) in [5.41, 5.74) is 0. The maximum absolute atomic E-state index is 12.1. The summed E-state index contributed by atoms with van der Waals surface area (Å²) < 4.78 is 26.8. The van der Waals surface area contributed by atoms with Gasteiger partial charge in [-0.05, 0) is 44.9 Å². The summed E-state index contributed by atoms with van der Waals surface area (Å²) in [6.07, 6.45) is 39.3. The van der Waals surface area contributed by atoms with E-state index in [0.29, 0.717) is 6.42 Å². The van der Waals surface area contributed by atoms with Gasteiger partial charge in [0.1, 0.15) is 12.7 Å². The van der Waals surface area contributed by atoms with Gasteiger partial charge in [0.15, 0.2) is 0 Å². The van der Waals surface area contributed by atoms with Crippen molar-refractivity contribution in [3.63, 3.8) is 0 Å². The number of unbranched alkanes of at least 4 members (excludes halogenated alkanes) is 18. The number of nitrogens with one attached hydrogen (secondary N) is 1. The van der Waals surface area contributed by atoms with Crippen LogP contribution in [0.15, 0.2) is 36.5 Å². The van der Waals surface area contributed by atoms with Gasteiger partial charge in [0.25, 0.3) is 0 Å². The van der Waals surface area contributed by atoms with Crippen molar-refractivity contribution in [2.75, 3.05) is 26.4 Å². The highest BCUT2D eigenvalue weighted by Gasteiger charge is 2.23. The highest BCUT2D eigenvalue weighted by atomic mass is 31.2. The zero-order valence-electron chi connectivity index (χ0n) is 31.8. The first-order valence-electron chi connectivity index (χ1n) is 20.0. The zero-order valence-corrected chi connectivity index (χ0v) is 32.7. The molecule has 50 heavy (non-hydrogen) atoms. The van der Waals surface area contributed by atoms with Crippen LogP contribution in [0.5, 0.6) is 0 Å². The number of amides is 1. The molecular formula is C40H74NO8P. The molecule has 0 aliphatic carbocycles. The van der Waals surface area contributed by atoms with Crippen molar-refractivity contribution in [3.8, 4) is 0 Å². The Morgan fingerprint density at radius 2 is 1.14 bits per heavy atom. The Morgan fingerprint density at radius 1 is 0.640 bits per heavy atom. The van der Waals surface area contributed by atoms with Crippen molar-refractivity contribution < 1.29 is 37.9 Å². The average molecular weight is 728 g/mol. The Kier molecular flexibility index (Phi) is 35.7. The molecule has 0 aromatic heterocycles. The van der Waals surface area contributed by atoms with Crippen molar-refractivity contribution in [1.82, 2.24) is 5.32 Å². The first kappa shape index (κ1) is 48.2. The summed E-state index contributed by atoms with van der Waals surface area (Å²) >= 11 is 0. The van der Waals surface area contributed by atoms with Gasteiger partial charge in [0, 0.05) is 19.4 Å². The number of rotatable bonds is 37. The molecule has 2 atom stereocenters. The van der Waals surface area contributed by atoms with Gasteiger partial charge in [0.2, 0.25) is 5.91 Å². The Balaban J connectivity index is 3.62. The van der Waals surface area contributed by atoms with E-state index in [0.717, 1.165) is 70.6 Å². The summed E-state index contributed by atoms with van der Waals surface area (Å²) in [5, 5.41) is 12.7. The van der Waals surface area contributed by atoms with Gasteiger partial charge in [-0.2, -0.15) is 0 Å². The van der Waals surface area contributed by atoms with E-state index in [1.165, 1.54) is 77.0 Å². The number of aliphatic hydroxyl groups is 1. The summed E-state index contributed by atoms with van der Waals surface area (Å²) in [4.78, 5) is 33.8. The van der Waals surface area contributed by atoms with Crippen molar-refractivity contribution >= 4 is 19.7 Å². The first-order valence-corrected chi connectivity index (χ1v) is 21.5. The van der Waals surface area contributed by atoms with E-state index in [-0.39, 0.29) is 32.1 Å². The fourth-order valence-electron chi connectivity index (χ4n) is 5.34. The molecule has 1 amide bonds. The smallest absolute Gasteiger partial charge is 0.463 e. The van der Waals surface area contributed by atoms with Crippen molar-refractivity contribution in [1.29, 1.82) is 0 Å². The lowest BCUT2D eigenvalue weighted by Gasteiger charge is -2.15. The molecule has 0 aliphatic heterocycles. The van der Waals surface area contributed by atoms with Gasteiger partial charge in [-0.3, -0.25) is 18.6 Å². The van der Waals surface area contributed by atoms with E-state index in [1.807, 2.05) is 0 Å². The van der Waals surface area contributed by atoms with Gasteiger partial charge in [0.05, 0.1) is 13.2 Å². The van der Waals surface area contributed by atoms with Crippen LogP contribution in [0.2, 0.25) is 0 Å².